The van der Waals surface area contributed by atoms with Crippen molar-refractivity contribution in [3.05, 3.63) is 41.5 Å². The van der Waals surface area contributed by atoms with Gasteiger partial charge in [0.1, 0.15) is 0 Å². The summed E-state index contributed by atoms with van der Waals surface area (Å²) in [6, 6.07) is 9.93. The van der Waals surface area contributed by atoms with Gasteiger partial charge in [-0.05, 0) is 48.4 Å². The summed E-state index contributed by atoms with van der Waals surface area (Å²) >= 11 is 0. The number of Topliss-reactive ketones (excluding diaryl/α,β-unsaturated/α-hetero) is 1. The van der Waals surface area contributed by atoms with E-state index in [1.807, 2.05) is 24.3 Å². The summed E-state index contributed by atoms with van der Waals surface area (Å²) in [7, 11) is 3.26. The van der Waals surface area contributed by atoms with Crippen molar-refractivity contribution in [2.24, 2.45) is 5.92 Å². The van der Waals surface area contributed by atoms with Crippen molar-refractivity contribution in [2.45, 2.75) is 25.7 Å². The number of benzene rings is 2. The van der Waals surface area contributed by atoms with Crippen LogP contribution in [0.25, 0.3) is 11.1 Å². The molecule has 0 bridgehead atoms. The second kappa shape index (κ2) is 6.43. The van der Waals surface area contributed by atoms with E-state index in [1.54, 1.807) is 14.2 Å². The van der Waals surface area contributed by atoms with Crippen LogP contribution in [0.15, 0.2) is 30.3 Å². The van der Waals surface area contributed by atoms with E-state index < -0.39 is 0 Å². The molecule has 0 aliphatic heterocycles. The molecule has 0 amide bonds. The molecular formula is C21H22O4. The van der Waals surface area contributed by atoms with E-state index in [4.69, 9.17) is 14.2 Å². The topological polar surface area (TPSA) is 44.8 Å². The molecule has 4 rings (SSSR count). The van der Waals surface area contributed by atoms with Crippen molar-refractivity contribution in [2.75, 3.05) is 20.8 Å². The van der Waals surface area contributed by atoms with E-state index >= 15 is 0 Å². The van der Waals surface area contributed by atoms with Crippen LogP contribution in [0.3, 0.4) is 0 Å². The molecule has 2 aliphatic rings. The molecule has 2 aromatic rings. The van der Waals surface area contributed by atoms with Crippen molar-refractivity contribution < 1.29 is 19.0 Å². The van der Waals surface area contributed by atoms with Gasteiger partial charge < -0.3 is 14.2 Å². The van der Waals surface area contributed by atoms with Crippen LogP contribution in [0.5, 0.6) is 17.2 Å². The van der Waals surface area contributed by atoms with Gasteiger partial charge in [0.25, 0.3) is 0 Å². The van der Waals surface area contributed by atoms with Crippen LogP contribution in [0.4, 0.5) is 0 Å². The lowest BCUT2D eigenvalue weighted by molar-refractivity contribution is 0.0994. The molecule has 0 N–H and O–H groups in total. The number of fused-ring (bicyclic) bond motifs is 1. The van der Waals surface area contributed by atoms with Gasteiger partial charge in [-0.25, -0.2) is 0 Å². The maximum absolute atomic E-state index is 11.9. The first-order chi connectivity index (χ1) is 12.2. The van der Waals surface area contributed by atoms with Gasteiger partial charge in [-0.15, -0.1) is 0 Å². The number of hydrogen-bond donors (Lipinski definition) is 0. The Bertz CT molecular complexity index is 821. The largest absolute Gasteiger partial charge is 0.493 e. The first kappa shape index (κ1) is 16.0. The van der Waals surface area contributed by atoms with Crippen molar-refractivity contribution >= 4 is 5.78 Å². The molecule has 0 heterocycles. The van der Waals surface area contributed by atoms with Crippen LogP contribution in [0.2, 0.25) is 0 Å². The molecule has 1 saturated carbocycles. The summed E-state index contributed by atoms with van der Waals surface area (Å²) in [4.78, 5) is 11.9. The molecule has 0 aromatic heterocycles. The smallest absolute Gasteiger partial charge is 0.203 e. The fourth-order valence-electron chi connectivity index (χ4n) is 3.38. The highest BCUT2D eigenvalue weighted by Crippen LogP contribution is 2.46. The zero-order valence-corrected chi connectivity index (χ0v) is 14.6. The van der Waals surface area contributed by atoms with Crippen LogP contribution in [-0.2, 0) is 6.42 Å². The first-order valence-corrected chi connectivity index (χ1v) is 8.75. The van der Waals surface area contributed by atoms with Gasteiger partial charge in [-0.3, -0.25) is 4.79 Å². The quantitative estimate of drug-likeness (QED) is 0.788. The third-order valence-electron chi connectivity index (χ3n) is 5.00. The second-order valence-corrected chi connectivity index (χ2v) is 6.73. The average molecular weight is 338 g/mol. The molecule has 0 unspecified atom stereocenters. The molecule has 2 aliphatic carbocycles. The van der Waals surface area contributed by atoms with Crippen molar-refractivity contribution in [1.82, 2.24) is 0 Å². The summed E-state index contributed by atoms with van der Waals surface area (Å²) in [5.74, 6) is 2.88. The summed E-state index contributed by atoms with van der Waals surface area (Å²) in [6.07, 6.45) is 3.87. The highest BCUT2D eigenvalue weighted by atomic mass is 16.5. The lowest BCUT2D eigenvalue weighted by Gasteiger charge is -2.18. The van der Waals surface area contributed by atoms with E-state index in [0.29, 0.717) is 30.4 Å². The molecule has 0 radical (unpaired) electrons. The standard InChI is InChI=1S/C21H22O4/c1-23-19-10-8-17(20(21(19)24-2)25-12-13-3-4-13)15-5-7-16-14(11-15)6-9-18(16)22/h5,7-8,10-11,13H,3-4,6,9,12H2,1-2H3. The van der Waals surface area contributed by atoms with Gasteiger partial charge in [0, 0.05) is 17.5 Å². The Balaban J connectivity index is 1.78. The minimum Gasteiger partial charge on any atom is -0.493 e. The number of hydrogen-bond acceptors (Lipinski definition) is 4. The fourth-order valence-corrected chi connectivity index (χ4v) is 3.38. The minimum absolute atomic E-state index is 0.235. The zero-order valence-electron chi connectivity index (χ0n) is 14.6. The van der Waals surface area contributed by atoms with Crippen molar-refractivity contribution in [3.63, 3.8) is 0 Å². The predicted octanol–water partition coefficient (Wildman–Crippen LogP) is 4.29. The van der Waals surface area contributed by atoms with Crippen LogP contribution >= 0.6 is 0 Å². The van der Waals surface area contributed by atoms with Crippen LogP contribution in [0, 0.1) is 5.92 Å². The second-order valence-electron chi connectivity index (χ2n) is 6.73. The number of methoxy groups -OCH3 is 2. The maximum Gasteiger partial charge on any atom is 0.203 e. The number of rotatable bonds is 6. The molecule has 0 spiro atoms. The molecule has 25 heavy (non-hydrogen) atoms. The average Bonchev–Trinajstić information content (AvgIpc) is 3.41. The van der Waals surface area contributed by atoms with E-state index in [9.17, 15) is 4.79 Å². The number of carbonyl (C=O) groups is 1. The van der Waals surface area contributed by atoms with Gasteiger partial charge in [0.15, 0.2) is 17.3 Å². The SMILES string of the molecule is COc1ccc(-c2ccc3c(c2)CCC3=O)c(OCC2CC2)c1OC. The summed E-state index contributed by atoms with van der Waals surface area (Å²) in [5, 5.41) is 0. The predicted molar refractivity (Wildman–Crippen MR) is 95.9 cm³/mol. The number of ketones is 1. The molecule has 4 heteroatoms. The number of ether oxygens (including phenoxy) is 3. The van der Waals surface area contributed by atoms with Crippen molar-refractivity contribution in [1.29, 1.82) is 0 Å². The Morgan fingerprint density at radius 2 is 1.76 bits per heavy atom. The van der Waals surface area contributed by atoms with Gasteiger partial charge in [-0.1, -0.05) is 18.2 Å². The van der Waals surface area contributed by atoms with E-state index in [-0.39, 0.29) is 5.78 Å². The third-order valence-corrected chi connectivity index (χ3v) is 5.00. The molecule has 130 valence electrons. The summed E-state index contributed by atoms with van der Waals surface area (Å²) < 4.78 is 17.2. The Labute approximate surface area is 147 Å². The molecular weight excluding hydrogens is 316 g/mol. The van der Waals surface area contributed by atoms with Crippen LogP contribution in [0.1, 0.15) is 35.2 Å². The van der Waals surface area contributed by atoms with Gasteiger partial charge in [-0.2, -0.15) is 0 Å². The molecule has 2 aromatic carbocycles. The van der Waals surface area contributed by atoms with Gasteiger partial charge in [0.05, 0.1) is 20.8 Å². The van der Waals surface area contributed by atoms with Crippen LogP contribution < -0.4 is 14.2 Å². The third kappa shape index (κ3) is 2.97. The monoisotopic (exact) mass is 338 g/mol. The van der Waals surface area contributed by atoms with E-state index in [0.717, 1.165) is 34.4 Å². The summed E-state index contributed by atoms with van der Waals surface area (Å²) in [5.41, 5.74) is 3.98. The van der Waals surface area contributed by atoms with Crippen molar-refractivity contribution in [3.8, 4) is 28.4 Å². The lowest BCUT2D eigenvalue weighted by Crippen LogP contribution is -2.04. The maximum atomic E-state index is 11.9. The fraction of sp³-hybridized carbons (Fsp3) is 0.381. The Morgan fingerprint density at radius 3 is 2.48 bits per heavy atom. The summed E-state index contributed by atoms with van der Waals surface area (Å²) in [6.45, 7) is 0.694. The van der Waals surface area contributed by atoms with Gasteiger partial charge >= 0.3 is 0 Å². The molecule has 0 saturated heterocycles. The normalized spacial score (nSPS) is 15.8. The molecule has 0 atom stereocenters. The minimum atomic E-state index is 0.235. The Morgan fingerprint density at radius 1 is 0.960 bits per heavy atom. The van der Waals surface area contributed by atoms with E-state index in [1.165, 1.54) is 12.8 Å². The first-order valence-electron chi connectivity index (χ1n) is 8.75. The van der Waals surface area contributed by atoms with E-state index in [2.05, 4.69) is 6.07 Å². The highest BCUT2D eigenvalue weighted by Gasteiger charge is 2.26. The zero-order chi connectivity index (χ0) is 17.4. The Kier molecular flexibility index (Phi) is 4.12. The lowest BCUT2D eigenvalue weighted by atomic mass is 9.99. The Hall–Kier alpha value is -2.49. The number of carbonyl (C=O) groups excluding carboxylic acids is 1. The van der Waals surface area contributed by atoms with Crippen LogP contribution in [-0.4, -0.2) is 26.6 Å². The number of aryl methyl sites for hydroxylation is 1. The highest BCUT2D eigenvalue weighted by molar-refractivity contribution is 6.01. The van der Waals surface area contributed by atoms with Gasteiger partial charge in [0.2, 0.25) is 5.75 Å². The molecule has 1 fully saturated rings. The molecule has 4 nitrogen and oxygen atoms in total.